The van der Waals surface area contributed by atoms with Gasteiger partial charge in [-0.05, 0) is 6.42 Å². The van der Waals surface area contributed by atoms with Crippen LogP contribution in [0.5, 0.6) is 0 Å². The maximum absolute atomic E-state index is 9.90. The average Bonchev–Trinajstić information content (AvgIpc) is 2.36. The molecule has 7 N–H and O–H groups in total. The lowest BCUT2D eigenvalue weighted by atomic mass is 10.0. The molecule has 0 spiro atoms. The smallest absolute Gasteiger partial charge is 0.151 e. The summed E-state index contributed by atoms with van der Waals surface area (Å²) in [6.07, 6.45) is -6.34. The van der Waals surface area contributed by atoms with Crippen molar-refractivity contribution in [1.82, 2.24) is 0 Å². The molecule has 0 bridgehead atoms. The first-order valence-corrected chi connectivity index (χ1v) is 4.96. The molecule has 0 rings (SSSR count). The van der Waals surface area contributed by atoms with Crippen molar-refractivity contribution < 1.29 is 40.5 Å². The zero-order valence-electron chi connectivity index (χ0n) is 9.25. The van der Waals surface area contributed by atoms with E-state index in [2.05, 4.69) is 0 Å². The van der Waals surface area contributed by atoms with Crippen LogP contribution in [0, 0.1) is 0 Å². The van der Waals surface area contributed by atoms with Crippen molar-refractivity contribution in [1.29, 1.82) is 0 Å². The molecule has 0 aromatic carbocycles. The maximum Gasteiger partial charge on any atom is 0.151 e. The summed E-state index contributed by atoms with van der Waals surface area (Å²) in [5.41, 5.74) is 0. The van der Waals surface area contributed by atoms with Gasteiger partial charge in [-0.1, -0.05) is 0 Å². The van der Waals surface area contributed by atoms with Gasteiger partial charge in [0.1, 0.15) is 24.4 Å². The Morgan fingerprint density at radius 2 is 1.35 bits per heavy atom. The van der Waals surface area contributed by atoms with Gasteiger partial charge in [0.15, 0.2) is 6.29 Å². The second kappa shape index (κ2) is 11.9. The van der Waals surface area contributed by atoms with Crippen LogP contribution in [0.1, 0.15) is 6.42 Å². The number of aldehydes is 1. The Morgan fingerprint density at radius 3 is 1.59 bits per heavy atom. The van der Waals surface area contributed by atoms with E-state index in [0.29, 0.717) is 6.42 Å². The van der Waals surface area contributed by atoms with Crippen molar-refractivity contribution in [2.24, 2.45) is 0 Å². The summed E-state index contributed by atoms with van der Waals surface area (Å²) >= 11 is 0. The standard InChI is InChI=1S/C6H12O6.C3H8O2/c7-1-3(9)5(11)6(12)4(10)2-8;4-2-1-3-5/h1,3-6,8-12H,2H2;4-5H,1-3H2/t3-,4+,5+,6+;/m0./s1. The van der Waals surface area contributed by atoms with E-state index in [0.717, 1.165) is 0 Å². The molecular formula is C9H20O8. The molecule has 0 fully saturated rings. The predicted molar refractivity (Wildman–Crippen MR) is 56.0 cm³/mol. The van der Waals surface area contributed by atoms with Crippen LogP contribution in [-0.4, -0.2) is 86.3 Å². The quantitative estimate of drug-likeness (QED) is 0.227. The summed E-state index contributed by atoms with van der Waals surface area (Å²) in [6, 6.07) is 0. The average molecular weight is 256 g/mol. The van der Waals surface area contributed by atoms with Crippen molar-refractivity contribution >= 4 is 6.29 Å². The number of hydrogen-bond acceptors (Lipinski definition) is 8. The molecule has 0 radical (unpaired) electrons. The summed E-state index contributed by atoms with van der Waals surface area (Å²) in [5, 5.41) is 59.3. The molecular weight excluding hydrogens is 236 g/mol. The molecule has 0 amide bonds. The molecule has 17 heavy (non-hydrogen) atoms. The number of carbonyl (C=O) groups excluding carboxylic acids is 1. The van der Waals surface area contributed by atoms with Crippen LogP contribution < -0.4 is 0 Å². The van der Waals surface area contributed by atoms with Crippen LogP contribution in [0.4, 0.5) is 0 Å². The minimum Gasteiger partial charge on any atom is -0.396 e. The molecule has 8 nitrogen and oxygen atoms in total. The van der Waals surface area contributed by atoms with E-state index < -0.39 is 31.0 Å². The topological polar surface area (TPSA) is 159 Å². The van der Waals surface area contributed by atoms with Gasteiger partial charge in [0, 0.05) is 13.2 Å². The minimum atomic E-state index is -1.79. The Balaban J connectivity index is 0. The van der Waals surface area contributed by atoms with Crippen molar-refractivity contribution in [3.63, 3.8) is 0 Å². The molecule has 104 valence electrons. The van der Waals surface area contributed by atoms with Crippen LogP contribution >= 0.6 is 0 Å². The van der Waals surface area contributed by atoms with E-state index in [4.69, 9.17) is 35.7 Å². The summed E-state index contributed by atoms with van der Waals surface area (Å²) in [5.74, 6) is 0. The molecule has 0 aromatic heterocycles. The van der Waals surface area contributed by atoms with Crippen LogP contribution in [0.3, 0.4) is 0 Å². The minimum absolute atomic E-state index is 0.0258. The van der Waals surface area contributed by atoms with Crippen molar-refractivity contribution in [3.8, 4) is 0 Å². The highest BCUT2D eigenvalue weighted by atomic mass is 16.4. The van der Waals surface area contributed by atoms with Crippen LogP contribution in [0.25, 0.3) is 0 Å². The summed E-state index contributed by atoms with van der Waals surface area (Å²) in [4.78, 5) is 9.90. The molecule has 0 aliphatic carbocycles. The molecule has 0 aromatic rings. The molecule has 0 unspecified atom stereocenters. The predicted octanol–water partition coefficient (Wildman–Crippen LogP) is -4.02. The lowest BCUT2D eigenvalue weighted by molar-refractivity contribution is -0.136. The first kappa shape index (κ1) is 18.7. The molecule has 0 aliphatic rings. The second-order valence-corrected chi connectivity index (χ2v) is 3.16. The van der Waals surface area contributed by atoms with Gasteiger partial charge in [0.05, 0.1) is 6.61 Å². The van der Waals surface area contributed by atoms with Gasteiger partial charge in [-0.25, -0.2) is 0 Å². The van der Waals surface area contributed by atoms with E-state index in [1.54, 1.807) is 0 Å². The van der Waals surface area contributed by atoms with Gasteiger partial charge < -0.3 is 40.5 Å². The summed E-state index contributed by atoms with van der Waals surface area (Å²) in [6.45, 7) is -0.573. The molecule has 4 atom stereocenters. The van der Waals surface area contributed by atoms with E-state index in [-0.39, 0.29) is 19.5 Å². The van der Waals surface area contributed by atoms with Crippen LogP contribution in [0.15, 0.2) is 0 Å². The van der Waals surface area contributed by atoms with Crippen LogP contribution in [-0.2, 0) is 4.79 Å². The normalized spacial score (nSPS) is 17.4. The van der Waals surface area contributed by atoms with Gasteiger partial charge in [-0.2, -0.15) is 0 Å². The Hall–Kier alpha value is -0.610. The largest absolute Gasteiger partial charge is 0.396 e. The van der Waals surface area contributed by atoms with Gasteiger partial charge in [0.2, 0.25) is 0 Å². The Kier molecular flexibility index (Phi) is 13.1. The van der Waals surface area contributed by atoms with E-state index in [9.17, 15) is 4.79 Å². The van der Waals surface area contributed by atoms with Crippen LogP contribution in [0.2, 0.25) is 0 Å². The fraction of sp³-hybridized carbons (Fsp3) is 0.889. The summed E-state index contributed by atoms with van der Waals surface area (Å²) in [7, 11) is 0. The molecule has 0 heterocycles. The highest BCUT2D eigenvalue weighted by molar-refractivity contribution is 5.56. The lowest BCUT2D eigenvalue weighted by Gasteiger charge is -2.22. The first-order chi connectivity index (χ1) is 7.95. The molecule has 0 aliphatic heterocycles. The van der Waals surface area contributed by atoms with Gasteiger partial charge in [-0.3, -0.25) is 0 Å². The van der Waals surface area contributed by atoms with E-state index in [1.807, 2.05) is 0 Å². The van der Waals surface area contributed by atoms with E-state index in [1.165, 1.54) is 0 Å². The third kappa shape index (κ3) is 9.12. The monoisotopic (exact) mass is 256 g/mol. The number of hydrogen-bond donors (Lipinski definition) is 7. The number of rotatable bonds is 7. The maximum atomic E-state index is 9.90. The molecule has 8 heteroatoms. The Labute approximate surface area is 98.4 Å². The Bertz CT molecular complexity index is 174. The van der Waals surface area contributed by atoms with Gasteiger partial charge in [-0.15, -0.1) is 0 Å². The molecule has 0 saturated heterocycles. The van der Waals surface area contributed by atoms with Crippen molar-refractivity contribution in [3.05, 3.63) is 0 Å². The molecule has 0 saturated carbocycles. The fourth-order valence-electron chi connectivity index (χ4n) is 0.689. The second-order valence-electron chi connectivity index (χ2n) is 3.16. The lowest BCUT2D eigenvalue weighted by Crippen LogP contribution is -2.46. The first-order valence-electron chi connectivity index (χ1n) is 4.96. The number of aliphatic hydroxyl groups excluding tert-OH is 7. The number of aliphatic hydroxyl groups is 7. The third-order valence-electron chi connectivity index (χ3n) is 1.74. The van der Waals surface area contributed by atoms with Crippen molar-refractivity contribution in [2.45, 2.75) is 30.8 Å². The van der Waals surface area contributed by atoms with E-state index >= 15 is 0 Å². The summed E-state index contributed by atoms with van der Waals surface area (Å²) < 4.78 is 0. The highest BCUT2D eigenvalue weighted by Crippen LogP contribution is 2.02. The van der Waals surface area contributed by atoms with Gasteiger partial charge >= 0.3 is 0 Å². The SMILES string of the molecule is O=C[C@H](O)[C@@H](O)[C@H](O)[C@H](O)CO.OCCCO. The number of carbonyl (C=O) groups is 1. The van der Waals surface area contributed by atoms with Crippen molar-refractivity contribution in [2.75, 3.05) is 19.8 Å². The zero-order chi connectivity index (χ0) is 13.8. The zero-order valence-corrected chi connectivity index (χ0v) is 9.25. The fourth-order valence-corrected chi connectivity index (χ4v) is 0.689. The Morgan fingerprint density at radius 1 is 0.882 bits per heavy atom. The highest BCUT2D eigenvalue weighted by Gasteiger charge is 2.29. The third-order valence-corrected chi connectivity index (χ3v) is 1.74. The van der Waals surface area contributed by atoms with Gasteiger partial charge in [0.25, 0.3) is 0 Å².